The zero-order chi connectivity index (χ0) is 12.1. The zero-order valence-corrected chi connectivity index (χ0v) is 10.2. The number of benzene rings is 1. The first kappa shape index (κ1) is 11.9. The summed E-state index contributed by atoms with van der Waals surface area (Å²) >= 11 is 0. The summed E-state index contributed by atoms with van der Waals surface area (Å²) in [5.74, 6) is 0.482. The van der Waals surface area contributed by atoms with Gasteiger partial charge in [-0.1, -0.05) is 29.8 Å². The number of aryl methyl sites for hydroxylation is 1. The fraction of sp³-hybridized carbons (Fsp3) is 0.333. The maximum Gasteiger partial charge on any atom is 0.0934 e. The van der Waals surface area contributed by atoms with Gasteiger partial charge < -0.3 is 10.2 Å². The third-order valence-electron chi connectivity index (χ3n) is 3.08. The average Bonchev–Trinajstić information content (AvgIpc) is 2.84. The van der Waals surface area contributed by atoms with E-state index in [0.717, 1.165) is 12.8 Å². The third kappa shape index (κ3) is 3.46. The van der Waals surface area contributed by atoms with Crippen molar-refractivity contribution in [2.45, 2.75) is 19.8 Å². The molecule has 2 nitrogen and oxygen atoms in total. The molecule has 0 amide bonds. The molecule has 0 spiro atoms. The first-order chi connectivity index (χ1) is 8.28. The van der Waals surface area contributed by atoms with E-state index in [9.17, 15) is 0 Å². The lowest BCUT2D eigenvalue weighted by molar-refractivity contribution is 0.521. The predicted octanol–water partition coefficient (Wildman–Crippen LogP) is 2.95. The van der Waals surface area contributed by atoms with Crippen LogP contribution in [0.3, 0.4) is 0 Å². The summed E-state index contributed by atoms with van der Waals surface area (Å²) in [7, 11) is 0. The quantitative estimate of drug-likeness (QED) is 0.856. The average molecular weight is 229 g/mol. The number of furan rings is 1. The summed E-state index contributed by atoms with van der Waals surface area (Å²) in [6.45, 7) is 2.81. The van der Waals surface area contributed by atoms with Gasteiger partial charge in [0.25, 0.3) is 0 Å². The van der Waals surface area contributed by atoms with Gasteiger partial charge in [-0.2, -0.15) is 0 Å². The van der Waals surface area contributed by atoms with Crippen molar-refractivity contribution in [2.75, 3.05) is 6.54 Å². The smallest absolute Gasteiger partial charge is 0.0934 e. The predicted molar refractivity (Wildman–Crippen MR) is 69.8 cm³/mol. The van der Waals surface area contributed by atoms with E-state index in [0.29, 0.717) is 12.5 Å². The summed E-state index contributed by atoms with van der Waals surface area (Å²) in [5.41, 5.74) is 9.72. The molecule has 0 aliphatic carbocycles. The molecule has 90 valence electrons. The summed E-state index contributed by atoms with van der Waals surface area (Å²) in [4.78, 5) is 0. The second-order valence-corrected chi connectivity index (χ2v) is 4.63. The molecule has 0 aliphatic rings. The van der Waals surface area contributed by atoms with Gasteiger partial charge in [-0.05, 0) is 49.4 Å². The maximum atomic E-state index is 5.84. The first-order valence-corrected chi connectivity index (χ1v) is 6.04. The largest absolute Gasteiger partial charge is 0.472 e. The topological polar surface area (TPSA) is 39.2 Å². The Balaban J connectivity index is 1.97. The molecule has 1 unspecified atom stereocenters. The molecule has 1 heterocycles. The van der Waals surface area contributed by atoms with Crippen LogP contribution in [0.1, 0.15) is 16.7 Å². The van der Waals surface area contributed by atoms with E-state index in [1.54, 1.807) is 12.5 Å². The Morgan fingerprint density at radius 3 is 2.35 bits per heavy atom. The van der Waals surface area contributed by atoms with Gasteiger partial charge in [-0.25, -0.2) is 0 Å². The van der Waals surface area contributed by atoms with Gasteiger partial charge >= 0.3 is 0 Å². The van der Waals surface area contributed by atoms with E-state index < -0.39 is 0 Å². The molecule has 1 atom stereocenters. The van der Waals surface area contributed by atoms with Crippen molar-refractivity contribution in [3.05, 3.63) is 59.5 Å². The van der Waals surface area contributed by atoms with Crippen molar-refractivity contribution in [2.24, 2.45) is 11.7 Å². The summed E-state index contributed by atoms with van der Waals surface area (Å²) in [6, 6.07) is 10.7. The summed E-state index contributed by atoms with van der Waals surface area (Å²) in [6.07, 6.45) is 5.54. The van der Waals surface area contributed by atoms with Crippen LogP contribution < -0.4 is 5.73 Å². The van der Waals surface area contributed by atoms with Crippen molar-refractivity contribution < 1.29 is 4.42 Å². The van der Waals surface area contributed by atoms with E-state index >= 15 is 0 Å². The molecule has 0 radical (unpaired) electrons. The van der Waals surface area contributed by atoms with E-state index in [1.165, 1.54) is 16.7 Å². The van der Waals surface area contributed by atoms with Crippen LogP contribution in [0.4, 0.5) is 0 Å². The van der Waals surface area contributed by atoms with Gasteiger partial charge in [0.2, 0.25) is 0 Å². The fourth-order valence-electron chi connectivity index (χ4n) is 2.04. The summed E-state index contributed by atoms with van der Waals surface area (Å²) < 4.78 is 5.09. The molecule has 17 heavy (non-hydrogen) atoms. The van der Waals surface area contributed by atoms with Gasteiger partial charge in [0, 0.05) is 0 Å². The van der Waals surface area contributed by atoms with Crippen molar-refractivity contribution in [3.63, 3.8) is 0 Å². The molecule has 1 aromatic carbocycles. The molecule has 2 aromatic rings. The van der Waals surface area contributed by atoms with Crippen LogP contribution in [0.15, 0.2) is 47.3 Å². The fourth-order valence-corrected chi connectivity index (χ4v) is 2.04. The van der Waals surface area contributed by atoms with Crippen LogP contribution in [-0.4, -0.2) is 6.54 Å². The lowest BCUT2D eigenvalue weighted by Crippen LogP contribution is -2.19. The SMILES string of the molecule is Cc1ccc(CC(CN)Cc2ccoc2)cc1. The van der Waals surface area contributed by atoms with Crippen LogP contribution >= 0.6 is 0 Å². The number of hydrogen-bond donors (Lipinski definition) is 1. The molecule has 2 N–H and O–H groups in total. The minimum Gasteiger partial charge on any atom is -0.472 e. The molecule has 2 heteroatoms. The normalized spacial score (nSPS) is 12.6. The van der Waals surface area contributed by atoms with Crippen molar-refractivity contribution >= 4 is 0 Å². The molecule has 0 bridgehead atoms. The van der Waals surface area contributed by atoms with Crippen LogP contribution in [-0.2, 0) is 12.8 Å². The standard InChI is InChI=1S/C15H19NO/c1-12-2-4-13(5-3-12)8-15(10-16)9-14-6-7-17-11-14/h2-7,11,15H,8-10,16H2,1H3. The minimum atomic E-state index is 0.482. The molecule has 2 rings (SSSR count). The van der Waals surface area contributed by atoms with E-state index in [-0.39, 0.29) is 0 Å². The third-order valence-corrected chi connectivity index (χ3v) is 3.08. The van der Waals surface area contributed by atoms with Crippen LogP contribution in [0.5, 0.6) is 0 Å². The molecule has 0 saturated carbocycles. The second kappa shape index (κ2) is 5.69. The Kier molecular flexibility index (Phi) is 3.99. The number of nitrogens with two attached hydrogens (primary N) is 1. The number of hydrogen-bond acceptors (Lipinski definition) is 2. The van der Waals surface area contributed by atoms with Gasteiger partial charge in [0.15, 0.2) is 0 Å². The van der Waals surface area contributed by atoms with Crippen molar-refractivity contribution in [1.29, 1.82) is 0 Å². The highest BCUT2D eigenvalue weighted by Gasteiger charge is 2.09. The van der Waals surface area contributed by atoms with E-state index in [1.807, 2.05) is 6.07 Å². The molecule has 0 aliphatic heterocycles. The van der Waals surface area contributed by atoms with Gasteiger partial charge in [-0.3, -0.25) is 0 Å². The lowest BCUT2D eigenvalue weighted by Gasteiger charge is -2.13. The van der Waals surface area contributed by atoms with Gasteiger partial charge in [0.1, 0.15) is 0 Å². The van der Waals surface area contributed by atoms with Crippen LogP contribution in [0, 0.1) is 12.8 Å². The Labute approximate surface area is 102 Å². The molecule has 1 aromatic heterocycles. The maximum absolute atomic E-state index is 5.84. The summed E-state index contributed by atoms with van der Waals surface area (Å²) in [5, 5.41) is 0. The highest BCUT2D eigenvalue weighted by Crippen LogP contribution is 2.15. The molecule has 0 saturated heterocycles. The lowest BCUT2D eigenvalue weighted by atomic mass is 9.93. The van der Waals surface area contributed by atoms with Crippen LogP contribution in [0.25, 0.3) is 0 Å². The van der Waals surface area contributed by atoms with Crippen molar-refractivity contribution in [1.82, 2.24) is 0 Å². The van der Waals surface area contributed by atoms with E-state index in [4.69, 9.17) is 10.2 Å². The molecular formula is C15H19NO. The molecular weight excluding hydrogens is 210 g/mol. The zero-order valence-electron chi connectivity index (χ0n) is 10.2. The first-order valence-electron chi connectivity index (χ1n) is 6.04. The molecule has 0 fully saturated rings. The Hall–Kier alpha value is -1.54. The monoisotopic (exact) mass is 229 g/mol. The van der Waals surface area contributed by atoms with E-state index in [2.05, 4.69) is 31.2 Å². The Bertz CT molecular complexity index is 430. The minimum absolute atomic E-state index is 0.482. The highest BCUT2D eigenvalue weighted by molar-refractivity contribution is 5.22. The van der Waals surface area contributed by atoms with Gasteiger partial charge in [0.05, 0.1) is 12.5 Å². The Morgan fingerprint density at radius 2 is 1.76 bits per heavy atom. The second-order valence-electron chi connectivity index (χ2n) is 4.63. The van der Waals surface area contributed by atoms with Crippen LogP contribution in [0.2, 0.25) is 0 Å². The highest BCUT2D eigenvalue weighted by atomic mass is 16.3. The number of rotatable bonds is 5. The Morgan fingerprint density at radius 1 is 1.06 bits per heavy atom. The van der Waals surface area contributed by atoms with Crippen molar-refractivity contribution in [3.8, 4) is 0 Å². The van der Waals surface area contributed by atoms with Gasteiger partial charge in [-0.15, -0.1) is 0 Å².